The number of rotatable bonds is 3. The quantitative estimate of drug-likeness (QED) is 0.811. The largest absolute Gasteiger partial charge is 0.274 e. The van der Waals surface area contributed by atoms with E-state index in [4.69, 9.17) is 16.6 Å². The van der Waals surface area contributed by atoms with Crippen molar-refractivity contribution in [3.63, 3.8) is 0 Å². The van der Waals surface area contributed by atoms with Crippen LogP contribution in [0.25, 0.3) is 0 Å². The molecule has 0 bridgehead atoms. The van der Waals surface area contributed by atoms with Gasteiger partial charge in [-0.25, -0.2) is 4.39 Å². The first kappa shape index (κ1) is 16.9. The fourth-order valence-corrected chi connectivity index (χ4v) is 3.31. The molecule has 1 aromatic carbocycles. The number of hydrogen-bond acceptors (Lipinski definition) is 2. The third-order valence-corrected chi connectivity index (χ3v) is 4.74. The molecule has 1 aliphatic rings. The van der Waals surface area contributed by atoms with Crippen LogP contribution in [0, 0.1) is 5.82 Å². The molecule has 1 aromatic heterocycles. The summed E-state index contributed by atoms with van der Waals surface area (Å²) in [4.78, 5) is 17.4. The Morgan fingerprint density at radius 2 is 1.96 bits per heavy atom. The molecule has 0 atom stereocenters. The molecule has 0 amide bonds. The van der Waals surface area contributed by atoms with Crippen molar-refractivity contribution in [2.75, 3.05) is 0 Å². The van der Waals surface area contributed by atoms with Gasteiger partial charge in [-0.15, -0.1) is 0 Å². The fraction of sp³-hybridized carbons (Fsp3) is 0.368. The van der Waals surface area contributed by atoms with Crippen LogP contribution in [0.1, 0.15) is 42.5 Å². The lowest BCUT2D eigenvalue weighted by Crippen LogP contribution is -2.30. The molecule has 0 N–H and O–H groups in total. The molecule has 3 nitrogen and oxygen atoms in total. The molecule has 3 rings (SSSR count). The number of carbonyl (C=O) groups is 1. The molecule has 24 heavy (non-hydrogen) atoms. The summed E-state index contributed by atoms with van der Waals surface area (Å²) in [5.74, 6) is -0.699. The highest BCUT2D eigenvalue weighted by atomic mass is 35.5. The van der Waals surface area contributed by atoms with Gasteiger partial charge in [0, 0.05) is 16.8 Å². The Morgan fingerprint density at radius 1 is 1.17 bits per heavy atom. The van der Waals surface area contributed by atoms with Crippen LogP contribution in [0.4, 0.5) is 4.39 Å². The molecule has 1 fully saturated rings. The average molecular weight is 347 g/mol. The van der Waals surface area contributed by atoms with Gasteiger partial charge >= 0.3 is 0 Å². The molecule has 0 radical (unpaired) electrons. The molecule has 1 aliphatic carbocycles. The Labute approximate surface area is 145 Å². The number of aromatic nitrogens is 1. The lowest BCUT2D eigenvalue weighted by Gasteiger charge is -2.17. The van der Waals surface area contributed by atoms with E-state index in [0.29, 0.717) is 5.49 Å². The normalized spacial score (nSPS) is 16.3. The minimum absolute atomic E-state index is 0.0899. The van der Waals surface area contributed by atoms with E-state index in [1.165, 1.54) is 36.0 Å². The minimum atomic E-state index is -0.460. The predicted molar refractivity (Wildman–Crippen MR) is 92.6 cm³/mol. The van der Waals surface area contributed by atoms with Crippen molar-refractivity contribution in [2.45, 2.75) is 44.6 Å². The summed E-state index contributed by atoms with van der Waals surface area (Å²) in [6.45, 7) is 0. The van der Waals surface area contributed by atoms with Crippen molar-refractivity contribution in [3.8, 4) is 0 Å². The number of nitrogens with zero attached hydrogens (tertiary/aromatic N) is 2. The smallest absolute Gasteiger partial charge is 0.236 e. The monoisotopic (exact) mass is 346 g/mol. The zero-order chi connectivity index (χ0) is 16.9. The summed E-state index contributed by atoms with van der Waals surface area (Å²) in [5, 5.41) is 0.269. The highest BCUT2D eigenvalue weighted by Crippen LogP contribution is 2.21. The van der Waals surface area contributed by atoms with Crippen LogP contribution in [0.3, 0.4) is 0 Å². The van der Waals surface area contributed by atoms with Gasteiger partial charge in [-0.2, -0.15) is 0 Å². The predicted octanol–water partition coefficient (Wildman–Crippen LogP) is 4.40. The molecule has 0 aliphatic heterocycles. The highest BCUT2D eigenvalue weighted by molar-refractivity contribution is 6.31. The van der Waals surface area contributed by atoms with Gasteiger partial charge in [-0.05, 0) is 37.1 Å². The molecule has 0 unspecified atom stereocenters. The molecule has 0 saturated heterocycles. The molecular formula is C19H20ClFN2O. The number of halogens is 2. The number of hydrogen-bond donors (Lipinski definition) is 0. The second-order valence-electron chi connectivity index (χ2n) is 6.12. The molecule has 0 spiro atoms. The van der Waals surface area contributed by atoms with Crippen molar-refractivity contribution in [2.24, 2.45) is 4.99 Å². The van der Waals surface area contributed by atoms with E-state index in [1.54, 1.807) is 18.3 Å². The van der Waals surface area contributed by atoms with Gasteiger partial charge in [0.25, 0.3) is 0 Å². The van der Waals surface area contributed by atoms with Crippen molar-refractivity contribution in [1.82, 2.24) is 4.57 Å². The van der Waals surface area contributed by atoms with Crippen LogP contribution in [0.5, 0.6) is 0 Å². The van der Waals surface area contributed by atoms with Crippen LogP contribution in [0.2, 0.25) is 5.02 Å². The highest BCUT2D eigenvalue weighted by Gasteiger charge is 2.15. The molecule has 126 valence electrons. The number of carbonyl (C=O) groups excluding carboxylic acids is 1. The minimum Gasteiger partial charge on any atom is -0.274 e. The summed E-state index contributed by atoms with van der Waals surface area (Å²) in [7, 11) is 0. The number of benzene rings is 1. The van der Waals surface area contributed by atoms with Gasteiger partial charge < -0.3 is 0 Å². The van der Waals surface area contributed by atoms with E-state index in [9.17, 15) is 9.18 Å². The second-order valence-corrected chi connectivity index (χ2v) is 6.53. The summed E-state index contributed by atoms with van der Waals surface area (Å²) >= 11 is 6.03. The van der Waals surface area contributed by atoms with Crippen molar-refractivity contribution in [1.29, 1.82) is 0 Å². The Balaban J connectivity index is 1.89. The summed E-state index contributed by atoms with van der Waals surface area (Å²) in [6, 6.07) is 10.2. The van der Waals surface area contributed by atoms with Gasteiger partial charge in [0.1, 0.15) is 11.3 Å². The Bertz CT molecular complexity index is 774. The van der Waals surface area contributed by atoms with Gasteiger partial charge in [0.15, 0.2) is 0 Å². The zero-order valence-corrected chi connectivity index (χ0v) is 14.2. The first-order valence-electron chi connectivity index (χ1n) is 8.33. The van der Waals surface area contributed by atoms with Crippen molar-refractivity contribution >= 4 is 17.5 Å². The van der Waals surface area contributed by atoms with E-state index >= 15 is 0 Å². The SMILES string of the molecule is O=C(Cc1c(F)cccc1Cl)n1ccccc1=NC1CCCCC1. The van der Waals surface area contributed by atoms with Gasteiger partial charge in [-0.1, -0.05) is 43.0 Å². The van der Waals surface area contributed by atoms with E-state index < -0.39 is 5.82 Å². The van der Waals surface area contributed by atoms with E-state index in [2.05, 4.69) is 0 Å². The average Bonchev–Trinajstić information content (AvgIpc) is 2.59. The third-order valence-electron chi connectivity index (χ3n) is 4.39. The number of pyridine rings is 1. The summed E-state index contributed by atoms with van der Waals surface area (Å²) in [5.41, 5.74) is 0.853. The molecule has 1 heterocycles. The maximum Gasteiger partial charge on any atom is 0.236 e. The van der Waals surface area contributed by atoms with Crippen LogP contribution in [-0.4, -0.2) is 16.5 Å². The standard InChI is InChI=1S/C19H20ClFN2O/c20-16-9-6-10-17(21)15(16)13-19(24)23-12-5-4-11-18(23)22-14-7-2-1-3-8-14/h4-6,9-12,14H,1-3,7-8,13H2. The summed E-state index contributed by atoms with van der Waals surface area (Å²) < 4.78 is 15.4. The van der Waals surface area contributed by atoms with Crippen molar-refractivity contribution in [3.05, 3.63) is 64.5 Å². The van der Waals surface area contributed by atoms with Gasteiger partial charge in [0.2, 0.25) is 5.91 Å². The van der Waals surface area contributed by atoms with E-state index in [1.807, 2.05) is 12.1 Å². The first-order chi connectivity index (χ1) is 11.6. The van der Waals surface area contributed by atoms with Gasteiger partial charge in [-0.3, -0.25) is 14.4 Å². The molecule has 2 aromatic rings. The molecule has 5 heteroatoms. The fourth-order valence-electron chi connectivity index (χ4n) is 3.08. The van der Waals surface area contributed by atoms with Gasteiger partial charge in [0.05, 0.1) is 12.5 Å². The topological polar surface area (TPSA) is 34.4 Å². The van der Waals surface area contributed by atoms with Crippen LogP contribution >= 0.6 is 11.6 Å². The van der Waals surface area contributed by atoms with Crippen molar-refractivity contribution < 1.29 is 9.18 Å². The maximum atomic E-state index is 13.9. The van der Waals surface area contributed by atoms with E-state index in [0.717, 1.165) is 12.8 Å². The Kier molecular flexibility index (Phi) is 5.46. The Hall–Kier alpha value is -1.94. The third kappa shape index (κ3) is 3.93. The van der Waals surface area contributed by atoms with Crippen LogP contribution in [0.15, 0.2) is 47.6 Å². The summed E-state index contributed by atoms with van der Waals surface area (Å²) in [6.07, 6.45) is 7.32. The molecular weight excluding hydrogens is 327 g/mol. The maximum absolute atomic E-state index is 13.9. The molecule has 1 saturated carbocycles. The zero-order valence-electron chi connectivity index (χ0n) is 13.4. The van der Waals surface area contributed by atoms with E-state index in [-0.39, 0.29) is 29.0 Å². The van der Waals surface area contributed by atoms with Crippen LogP contribution < -0.4 is 5.49 Å². The second kappa shape index (κ2) is 7.75. The lowest BCUT2D eigenvalue weighted by atomic mass is 9.96. The van der Waals surface area contributed by atoms with Crippen LogP contribution in [-0.2, 0) is 6.42 Å². The first-order valence-corrected chi connectivity index (χ1v) is 8.70. The Morgan fingerprint density at radius 3 is 2.71 bits per heavy atom. The lowest BCUT2D eigenvalue weighted by molar-refractivity contribution is 0.0907.